The number of alkyl carbamates (subject to hydrolysis) is 1. The number of hydrogen-bond acceptors (Lipinski definition) is 16. The Morgan fingerprint density at radius 2 is 1.06 bits per heavy atom. The van der Waals surface area contributed by atoms with Crippen LogP contribution in [0.3, 0.4) is 0 Å². The van der Waals surface area contributed by atoms with E-state index in [1.54, 1.807) is 102 Å². The molecule has 0 unspecified atom stereocenters. The minimum absolute atomic E-state index is 0.0639. The average molecular weight is 1210 g/mol. The van der Waals surface area contributed by atoms with Gasteiger partial charge in [0, 0.05) is 13.0 Å². The number of nitrogens with two attached hydrogens (primary N) is 2. The minimum Gasteiger partial charge on any atom is -0.461 e. The zero-order valence-electron chi connectivity index (χ0n) is 50.3. The smallest absolute Gasteiger partial charge is 0.408 e. The van der Waals surface area contributed by atoms with E-state index >= 15 is 0 Å². The highest BCUT2D eigenvalue weighted by Crippen LogP contribution is 2.20. The Hall–Kier alpha value is -8.98. The van der Waals surface area contributed by atoms with E-state index in [1.807, 2.05) is 30.3 Å². The standard InChI is InChI=1S/C60H83N11O16/c1-35(2)49(56(80)64-30-46(73)65-36(3)53(77)63-31-47(74)68-51(38(5)85-33-40-21-14-10-15-22-40)58(82)71-28-18-25-44(71)52(62)76)69-55(79)43(29-48(75)86-34-41-23-16-11-17-24-41)66-57(81)50(37(4)84-32-39-19-12-9-13-20-39)70-54(78)42(26-27-45(61)72)67-59(83)87-60(6,7)8/h9-17,19-24,35-38,42-44,49-51H,18,25-34H2,1-8H3,(H2,61,72)(H2,62,76)(H,63,77)(H,64,80)(H,65,73)(H,66,81)(H,67,83)(H,68,74)(H,69,79)(H,70,78)/t36-,37+,38+,42-,43-,44-,49-,50-,51-/m0/s1. The van der Waals surface area contributed by atoms with Crippen LogP contribution in [0.4, 0.5) is 4.79 Å². The Morgan fingerprint density at radius 3 is 1.57 bits per heavy atom. The van der Waals surface area contributed by atoms with E-state index in [1.165, 1.54) is 18.7 Å². The van der Waals surface area contributed by atoms with E-state index < -0.39 is 157 Å². The van der Waals surface area contributed by atoms with Crippen LogP contribution in [0.2, 0.25) is 0 Å². The molecule has 0 aliphatic carbocycles. The Balaban J connectivity index is 1.46. The Kier molecular flexibility index (Phi) is 28.2. The van der Waals surface area contributed by atoms with Crippen LogP contribution >= 0.6 is 0 Å². The molecule has 1 heterocycles. The summed E-state index contributed by atoms with van der Waals surface area (Å²) in [6, 6.07) is 16.6. The highest BCUT2D eigenvalue weighted by Gasteiger charge is 2.40. The lowest BCUT2D eigenvalue weighted by molar-refractivity contribution is -0.148. The molecule has 87 heavy (non-hydrogen) atoms. The van der Waals surface area contributed by atoms with Crippen molar-refractivity contribution in [1.29, 1.82) is 0 Å². The highest BCUT2D eigenvalue weighted by atomic mass is 16.6. The molecule has 1 aliphatic heterocycles. The van der Waals surface area contributed by atoms with E-state index in [4.69, 9.17) is 30.4 Å². The van der Waals surface area contributed by atoms with Crippen molar-refractivity contribution >= 4 is 71.1 Å². The molecule has 1 saturated heterocycles. The average Bonchev–Trinajstić information content (AvgIpc) is 3.81. The van der Waals surface area contributed by atoms with Crippen molar-refractivity contribution in [2.45, 2.75) is 167 Å². The molecule has 0 spiro atoms. The van der Waals surface area contributed by atoms with Gasteiger partial charge in [-0.3, -0.25) is 52.7 Å². The molecule has 3 aromatic rings. The second-order valence-corrected chi connectivity index (χ2v) is 22.2. The molecule has 27 heteroatoms. The molecule has 474 valence electrons. The van der Waals surface area contributed by atoms with Gasteiger partial charge in [-0.2, -0.15) is 0 Å². The number of hydrogen-bond donors (Lipinski definition) is 10. The first-order valence-electron chi connectivity index (χ1n) is 28.6. The van der Waals surface area contributed by atoms with Crippen molar-refractivity contribution in [3.63, 3.8) is 0 Å². The first-order valence-corrected chi connectivity index (χ1v) is 28.6. The van der Waals surface area contributed by atoms with Gasteiger partial charge in [0.25, 0.3) is 0 Å². The molecule has 1 fully saturated rings. The van der Waals surface area contributed by atoms with Crippen LogP contribution in [0, 0.1) is 5.92 Å². The van der Waals surface area contributed by atoms with Gasteiger partial charge in [-0.1, -0.05) is 105 Å². The number of likely N-dealkylation sites (tertiary alicyclic amines) is 1. The van der Waals surface area contributed by atoms with E-state index in [-0.39, 0.29) is 39.2 Å². The molecule has 9 atom stereocenters. The number of nitrogens with zero attached hydrogens (tertiary/aromatic N) is 1. The third-order valence-corrected chi connectivity index (χ3v) is 13.5. The molecule has 0 bridgehead atoms. The van der Waals surface area contributed by atoms with Crippen LogP contribution in [0.5, 0.6) is 0 Å². The van der Waals surface area contributed by atoms with Gasteiger partial charge in [0.15, 0.2) is 0 Å². The Bertz CT molecular complexity index is 2840. The lowest BCUT2D eigenvalue weighted by Crippen LogP contribution is -2.61. The molecule has 12 N–H and O–H groups in total. The lowest BCUT2D eigenvalue weighted by atomic mass is 10.0. The van der Waals surface area contributed by atoms with E-state index in [0.29, 0.717) is 24.0 Å². The Morgan fingerprint density at radius 1 is 0.563 bits per heavy atom. The molecule has 27 nitrogen and oxygen atoms in total. The predicted molar refractivity (Wildman–Crippen MR) is 314 cm³/mol. The maximum Gasteiger partial charge on any atom is 0.408 e. The summed E-state index contributed by atoms with van der Waals surface area (Å²) in [7, 11) is 0. The predicted octanol–water partition coefficient (Wildman–Crippen LogP) is 0.298. The number of carbonyl (C=O) groups excluding carboxylic acids is 12. The lowest BCUT2D eigenvalue weighted by Gasteiger charge is -2.31. The molecule has 11 amide bonds. The topological polar surface area (TPSA) is 393 Å². The highest BCUT2D eigenvalue weighted by molar-refractivity contribution is 5.98. The van der Waals surface area contributed by atoms with Crippen LogP contribution in [-0.2, 0) is 91.5 Å². The van der Waals surface area contributed by atoms with Gasteiger partial charge in [-0.15, -0.1) is 0 Å². The summed E-state index contributed by atoms with van der Waals surface area (Å²) in [4.78, 5) is 162. The molecule has 1 aliphatic rings. The number of benzene rings is 3. The summed E-state index contributed by atoms with van der Waals surface area (Å²) in [5.41, 5.74) is 12.1. The molecule has 0 aromatic heterocycles. The fourth-order valence-electron chi connectivity index (χ4n) is 8.74. The third-order valence-electron chi connectivity index (χ3n) is 13.5. The SMILES string of the molecule is CC(C)[C@H](NC(=O)[C@H](CC(=O)OCc1ccccc1)NC(=O)[C@@H](NC(=O)[C@H](CCC(N)=O)NC(=O)OC(C)(C)C)[C@@H](C)OCc1ccccc1)C(=O)NCC(=O)N[C@@H](C)C(=O)NCC(=O)N[C@H](C(=O)N1CCC[C@H]1C(N)=O)[C@@H](C)OCc1ccccc1. The van der Waals surface area contributed by atoms with Crippen LogP contribution < -0.4 is 54.0 Å². The molecular weight excluding hydrogens is 1130 g/mol. The molecule has 3 aromatic carbocycles. The van der Waals surface area contributed by atoms with E-state index in [0.717, 1.165) is 5.56 Å². The van der Waals surface area contributed by atoms with Gasteiger partial charge in [0.2, 0.25) is 59.1 Å². The van der Waals surface area contributed by atoms with Gasteiger partial charge in [-0.25, -0.2) is 4.79 Å². The number of esters is 1. The van der Waals surface area contributed by atoms with Gasteiger partial charge in [0.1, 0.15) is 54.5 Å². The summed E-state index contributed by atoms with van der Waals surface area (Å²) < 4.78 is 22.8. The molecule has 0 radical (unpaired) electrons. The Labute approximate surface area is 505 Å². The second-order valence-electron chi connectivity index (χ2n) is 22.2. The second kappa shape index (κ2) is 34.8. The molecule has 0 saturated carbocycles. The number of amides is 11. The summed E-state index contributed by atoms with van der Waals surface area (Å²) in [5.74, 6) is -10.3. The maximum absolute atomic E-state index is 14.5. The number of nitrogens with one attached hydrogen (secondary N) is 8. The van der Waals surface area contributed by atoms with Crippen LogP contribution in [0.25, 0.3) is 0 Å². The first kappa shape index (κ1) is 70.5. The molecular formula is C60H83N11O16. The van der Waals surface area contributed by atoms with E-state index in [9.17, 15) is 57.5 Å². The summed E-state index contributed by atoms with van der Waals surface area (Å²) in [5, 5.41) is 19.8. The van der Waals surface area contributed by atoms with Crippen molar-refractivity contribution in [1.82, 2.24) is 47.4 Å². The number of ether oxygens (including phenoxy) is 4. The van der Waals surface area contributed by atoms with Crippen molar-refractivity contribution < 1.29 is 76.5 Å². The normalized spacial score (nSPS) is 15.7. The zero-order chi connectivity index (χ0) is 64.4. The largest absolute Gasteiger partial charge is 0.461 e. The fraction of sp³-hybridized carbons (Fsp3) is 0.500. The maximum atomic E-state index is 14.5. The van der Waals surface area contributed by atoms with Crippen molar-refractivity contribution in [2.24, 2.45) is 17.4 Å². The summed E-state index contributed by atoms with van der Waals surface area (Å²) >= 11 is 0. The summed E-state index contributed by atoms with van der Waals surface area (Å²) in [6.45, 7) is 10.9. The fourth-order valence-corrected chi connectivity index (χ4v) is 8.74. The van der Waals surface area contributed by atoms with Gasteiger partial charge in [0.05, 0.1) is 44.9 Å². The van der Waals surface area contributed by atoms with Crippen LogP contribution in [0.1, 0.15) is 104 Å². The van der Waals surface area contributed by atoms with Gasteiger partial charge in [-0.05, 0) is 83.4 Å². The number of rotatable bonds is 33. The monoisotopic (exact) mass is 1210 g/mol. The van der Waals surface area contributed by atoms with Crippen molar-refractivity contribution in [3.05, 3.63) is 108 Å². The number of carbonyl (C=O) groups is 12. The number of primary amides is 2. The van der Waals surface area contributed by atoms with Crippen LogP contribution in [0.15, 0.2) is 91.0 Å². The first-order chi connectivity index (χ1) is 41.1. The van der Waals surface area contributed by atoms with Crippen molar-refractivity contribution in [3.8, 4) is 0 Å². The molecule has 4 rings (SSSR count). The quantitative estimate of drug-likeness (QED) is 0.0367. The third kappa shape index (κ3) is 24.9. The van der Waals surface area contributed by atoms with E-state index in [2.05, 4.69) is 42.5 Å². The van der Waals surface area contributed by atoms with Crippen molar-refractivity contribution in [2.75, 3.05) is 19.6 Å². The van der Waals surface area contributed by atoms with Crippen LogP contribution in [-0.4, -0.2) is 156 Å². The van der Waals surface area contributed by atoms with Gasteiger partial charge >= 0.3 is 12.1 Å². The van der Waals surface area contributed by atoms with Gasteiger partial charge < -0.3 is 77.8 Å². The zero-order valence-corrected chi connectivity index (χ0v) is 50.3. The minimum atomic E-state index is -1.80. The summed E-state index contributed by atoms with van der Waals surface area (Å²) in [6.07, 6.45) is -3.75.